The predicted molar refractivity (Wildman–Crippen MR) is 98.3 cm³/mol. The minimum Gasteiger partial charge on any atom is -0.496 e. The van der Waals surface area contributed by atoms with Crippen LogP contribution >= 0.6 is 0 Å². The van der Waals surface area contributed by atoms with E-state index in [-0.39, 0.29) is 12.5 Å². The zero-order valence-corrected chi connectivity index (χ0v) is 14.5. The highest BCUT2D eigenvalue weighted by Crippen LogP contribution is 2.18. The Morgan fingerprint density at radius 1 is 1.08 bits per heavy atom. The van der Waals surface area contributed by atoms with Crippen LogP contribution in [0.25, 0.3) is 10.9 Å². The lowest BCUT2D eigenvalue weighted by Gasteiger charge is -2.09. The molecule has 1 heterocycles. The maximum absolute atomic E-state index is 12.0. The van der Waals surface area contributed by atoms with Gasteiger partial charge < -0.3 is 19.8 Å². The lowest BCUT2D eigenvalue weighted by molar-refractivity contribution is -0.124. The number of fused-ring (bicyclic) bond motifs is 1. The van der Waals surface area contributed by atoms with Crippen molar-refractivity contribution >= 4 is 22.8 Å². The number of aromatic amines is 1. The number of nitrogens with one attached hydrogen (secondary N) is 2. The van der Waals surface area contributed by atoms with Crippen LogP contribution in [0, 0.1) is 0 Å². The molecule has 1 aromatic heterocycles. The van der Waals surface area contributed by atoms with Gasteiger partial charge in [-0.15, -0.1) is 0 Å². The summed E-state index contributed by atoms with van der Waals surface area (Å²) in [5, 5.41) is 3.90. The van der Waals surface area contributed by atoms with Crippen LogP contribution in [-0.2, 0) is 16.0 Å². The van der Waals surface area contributed by atoms with Crippen LogP contribution in [0.5, 0.6) is 5.75 Å². The van der Waals surface area contributed by atoms with Crippen LogP contribution in [-0.4, -0.2) is 37.1 Å². The van der Waals surface area contributed by atoms with E-state index in [2.05, 4.69) is 10.3 Å². The number of rotatable bonds is 7. The van der Waals surface area contributed by atoms with Gasteiger partial charge in [0.1, 0.15) is 11.3 Å². The minimum absolute atomic E-state index is 0.293. The number of H-pyrrole nitrogens is 1. The van der Waals surface area contributed by atoms with Gasteiger partial charge in [-0.3, -0.25) is 4.79 Å². The van der Waals surface area contributed by atoms with Crippen molar-refractivity contribution in [1.29, 1.82) is 0 Å². The van der Waals surface area contributed by atoms with E-state index in [1.165, 1.54) is 7.11 Å². The molecule has 0 atom stereocenters. The number of aromatic nitrogens is 1. The van der Waals surface area contributed by atoms with E-state index in [4.69, 9.17) is 9.47 Å². The maximum Gasteiger partial charge on any atom is 0.342 e. The van der Waals surface area contributed by atoms with Crippen LogP contribution < -0.4 is 10.1 Å². The van der Waals surface area contributed by atoms with Gasteiger partial charge >= 0.3 is 5.97 Å². The van der Waals surface area contributed by atoms with Crippen LogP contribution in [0.2, 0.25) is 0 Å². The number of benzene rings is 2. The first-order chi connectivity index (χ1) is 12.7. The molecule has 1 amide bonds. The number of methoxy groups -OCH3 is 1. The molecule has 0 fully saturated rings. The summed E-state index contributed by atoms with van der Waals surface area (Å²) < 4.78 is 10.2. The second kappa shape index (κ2) is 8.20. The van der Waals surface area contributed by atoms with E-state index < -0.39 is 5.97 Å². The summed E-state index contributed by atoms with van der Waals surface area (Å²) in [7, 11) is 1.48. The number of hydrogen-bond donors (Lipinski definition) is 2. The quantitative estimate of drug-likeness (QED) is 0.641. The zero-order valence-electron chi connectivity index (χ0n) is 14.5. The Hall–Kier alpha value is -3.28. The van der Waals surface area contributed by atoms with E-state index in [9.17, 15) is 9.59 Å². The molecule has 3 aromatic rings. The summed E-state index contributed by atoms with van der Waals surface area (Å²) in [5.74, 6) is -0.514. The monoisotopic (exact) mass is 352 g/mol. The number of amides is 1. The first kappa shape index (κ1) is 17.5. The van der Waals surface area contributed by atoms with Crippen LogP contribution in [0.15, 0.2) is 54.7 Å². The second-order valence-corrected chi connectivity index (χ2v) is 5.74. The molecule has 0 unspecified atom stereocenters. The topological polar surface area (TPSA) is 80.4 Å². The van der Waals surface area contributed by atoms with Gasteiger partial charge in [0.15, 0.2) is 6.61 Å². The Labute approximate surface area is 151 Å². The highest BCUT2D eigenvalue weighted by atomic mass is 16.5. The fraction of sp³-hybridized carbons (Fsp3) is 0.200. The number of carbonyl (C=O) groups is 2. The lowest BCUT2D eigenvalue weighted by Crippen LogP contribution is -2.30. The van der Waals surface area contributed by atoms with Crippen molar-refractivity contribution in [3.05, 3.63) is 65.9 Å². The third-order valence-corrected chi connectivity index (χ3v) is 4.05. The third kappa shape index (κ3) is 4.03. The van der Waals surface area contributed by atoms with Gasteiger partial charge in [0.2, 0.25) is 0 Å². The van der Waals surface area contributed by atoms with E-state index in [0.29, 0.717) is 24.3 Å². The molecule has 134 valence electrons. The molecule has 0 saturated heterocycles. The summed E-state index contributed by atoms with van der Waals surface area (Å²) in [4.78, 5) is 27.1. The van der Waals surface area contributed by atoms with Crippen LogP contribution in [0.3, 0.4) is 0 Å². The van der Waals surface area contributed by atoms with Crippen LogP contribution in [0.1, 0.15) is 15.9 Å². The Morgan fingerprint density at radius 3 is 2.69 bits per heavy atom. The molecular weight excluding hydrogens is 332 g/mol. The van der Waals surface area contributed by atoms with Crippen molar-refractivity contribution in [1.82, 2.24) is 10.3 Å². The summed E-state index contributed by atoms with van der Waals surface area (Å²) in [5.41, 5.74) is 2.49. The molecule has 0 aliphatic rings. The number of para-hydroxylation sites is 2. The van der Waals surface area contributed by atoms with Gasteiger partial charge in [-0.2, -0.15) is 0 Å². The van der Waals surface area contributed by atoms with Crippen molar-refractivity contribution in [3.8, 4) is 5.75 Å². The van der Waals surface area contributed by atoms with Crippen molar-refractivity contribution < 1.29 is 19.1 Å². The minimum atomic E-state index is -0.589. The second-order valence-electron chi connectivity index (χ2n) is 5.74. The fourth-order valence-corrected chi connectivity index (χ4v) is 2.75. The summed E-state index contributed by atoms with van der Waals surface area (Å²) >= 11 is 0. The van der Waals surface area contributed by atoms with Crippen LogP contribution in [0.4, 0.5) is 0 Å². The van der Waals surface area contributed by atoms with E-state index in [0.717, 1.165) is 16.5 Å². The molecule has 0 spiro atoms. The van der Waals surface area contributed by atoms with E-state index >= 15 is 0 Å². The molecular formula is C20H20N2O4. The van der Waals surface area contributed by atoms with Gasteiger partial charge in [-0.1, -0.05) is 30.3 Å². The SMILES string of the molecule is COc1ccccc1C(=O)OCC(=O)NCCc1c[nH]c2ccccc12. The maximum atomic E-state index is 12.0. The molecule has 2 aromatic carbocycles. The number of carbonyl (C=O) groups excluding carboxylic acids is 2. The van der Waals surface area contributed by atoms with E-state index in [1.807, 2.05) is 30.5 Å². The molecule has 0 radical (unpaired) electrons. The van der Waals surface area contributed by atoms with Gasteiger partial charge in [-0.05, 0) is 30.2 Å². The molecule has 0 aliphatic heterocycles. The number of hydrogen-bond acceptors (Lipinski definition) is 4. The normalized spacial score (nSPS) is 10.5. The fourth-order valence-electron chi connectivity index (χ4n) is 2.75. The van der Waals surface area contributed by atoms with Gasteiger partial charge in [0.05, 0.1) is 7.11 Å². The third-order valence-electron chi connectivity index (χ3n) is 4.05. The summed E-state index contributed by atoms with van der Waals surface area (Å²) in [6, 6.07) is 14.7. The van der Waals surface area contributed by atoms with E-state index in [1.54, 1.807) is 24.3 Å². The van der Waals surface area contributed by atoms with Crippen molar-refractivity contribution in [2.75, 3.05) is 20.3 Å². The smallest absolute Gasteiger partial charge is 0.342 e. The molecule has 26 heavy (non-hydrogen) atoms. The molecule has 0 aliphatic carbocycles. The summed E-state index contributed by atoms with van der Waals surface area (Å²) in [6.07, 6.45) is 2.63. The van der Waals surface area contributed by atoms with Gasteiger partial charge in [-0.25, -0.2) is 4.79 Å². The van der Waals surface area contributed by atoms with Crippen molar-refractivity contribution in [2.45, 2.75) is 6.42 Å². The lowest BCUT2D eigenvalue weighted by atomic mass is 10.1. The Kier molecular flexibility index (Phi) is 5.53. The molecule has 6 nitrogen and oxygen atoms in total. The molecule has 2 N–H and O–H groups in total. The number of ether oxygens (including phenoxy) is 2. The molecule has 3 rings (SSSR count). The van der Waals surface area contributed by atoms with Crippen molar-refractivity contribution in [3.63, 3.8) is 0 Å². The highest BCUT2D eigenvalue weighted by Gasteiger charge is 2.14. The Balaban J connectivity index is 1.46. The molecule has 0 bridgehead atoms. The number of esters is 1. The first-order valence-corrected chi connectivity index (χ1v) is 8.31. The largest absolute Gasteiger partial charge is 0.496 e. The highest BCUT2D eigenvalue weighted by molar-refractivity contribution is 5.94. The summed E-state index contributed by atoms with van der Waals surface area (Å²) in [6.45, 7) is 0.137. The molecule has 0 saturated carbocycles. The standard InChI is InChI=1S/C20H20N2O4/c1-25-18-9-5-3-7-16(18)20(24)26-13-19(23)21-11-10-14-12-22-17-8-4-2-6-15(14)17/h2-9,12,22H,10-11,13H2,1H3,(H,21,23). The zero-order chi connectivity index (χ0) is 18.4. The predicted octanol–water partition coefficient (Wildman–Crippen LogP) is 2.69. The molecule has 6 heteroatoms. The average Bonchev–Trinajstić information content (AvgIpc) is 3.09. The Bertz CT molecular complexity index is 917. The Morgan fingerprint density at radius 2 is 1.85 bits per heavy atom. The van der Waals surface area contributed by atoms with Gasteiger partial charge in [0.25, 0.3) is 5.91 Å². The van der Waals surface area contributed by atoms with Gasteiger partial charge in [0, 0.05) is 23.6 Å². The first-order valence-electron chi connectivity index (χ1n) is 8.31. The average molecular weight is 352 g/mol. The van der Waals surface area contributed by atoms with Crippen molar-refractivity contribution in [2.24, 2.45) is 0 Å².